The number of nitrogens with one attached hydrogen (secondary N) is 2. The van der Waals surface area contributed by atoms with Gasteiger partial charge in [0.1, 0.15) is 0 Å². The molecule has 0 spiro atoms. The molecule has 0 heterocycles. The van der Waals surface area contributed by atoms with Crippen LogP contribution in [0.3, 0.4) is 0 Å². The van der Waals surface area contributed by atoms with E-state index in [1.807, 2.05) is 37.3 Å². The van der Waals surface area contributed by atoms with Crippen LogP contribution in [0.25, 0.3) is 0 Å². The van der Waals surface area contributed by atoms with Gasteiger partial charge in [-0.15, -0.1) is 0 Å². The minimum Gasteiger partial charge on any atom is -0.326 e. The third kappa shape index (κ3) is 4.09. The fraction of sp³-hybridized carbons (Fsp3) is 0.176. The molecule has 0 atom stereocenters. The number of carbonyl (C=O) groups is 2. The first-order chi connectivity index (χ1) is 10.6. The predicted octanol–water partition coefficient (Wildman–Crippen LogP) is 3.70. The molecule has 2 N–H and O–H groups in total. The van der Waals surface area contributed by atoms with Crippen LogP contribution in [-0.2, 0) is 4.79 Å². The smallest absolute Gasteiger partial charge is 0.326 e. The molecule has 0 saturated carbocycles. The Morgan fingerprint density at radius 1 is 0.955 bits per heavy atom. The van der Waals surface area contributed by atoms with Gasteiger partial charge in [0.05, 0.1) is 0 Å². The van der Waals surface area contributed by atoms with E-state index in [2.05, 4.69) is 10.6 Å². The zero-order valence-corrected chi connectivity index (χ0v) is 12.7. The Morgan fingerprint density at radius 3 is 2.18 bits per heavy atom. The van der Waals surface area contributed by atoms with Crippen LogP contribution in [-0.4, -0.2) is 18.5 Å². The Hall–Kier alpha value is -2.82. The van der Waals surface area contributed by atoms with Crippen LogP contribution in [0.1, 0.15) is 13.8 Å². The van der Waals surface area contributed by atoms with E-state index in [1.165, 1.54) is 6.92 Å². The summed E-state index contributed by atoms with van der Waals surface area (Å²) in [5, 5.41) is 5.53. The maximum Gasteiger partial charge on any atom is 0.326 e. The Labute approximate surface area is 129 Å². The quantitative estimate of drug-likeness (QED) is 0.903. The third-order valence-corrected chi connectivity index (χ3v) is 3.06. The largest absolute Gasteiger partial charge is 0.326 e. The second-order valence-corrected chi connectivity index (χ2v) is 4.77. The number of para-hydroxylation sites is 1. The summed E-state index contributed by atoms with van der Waals surface area (Å²) in [6.45, 7) is 3.92. The molecule has 0 aromatic heterocycles. The van der Waals surface area contributed by atoms with Gasteiger partial charge in [-0.3, -0.25) is 9.69 Å². The van der Waals surface area contributed by atoms with Gasteiger partial charge >= 0.3 is 6.03 Å². The fourth-order valence-electron chi connectivity index (χ4n) is 2.12. The highest BCUT2D eigenvalue weighted by molar-refractivity contribution is 6.02. The van der Waals surface area contributed by atoms with Crippen LogP contribution in [0.15, 0.2) is 54.6 Å². The molecule has 0 unspecified atom stereocenters. The molecule has 0 saturated heterocycles. The third-order valence-electron chi connectivity index (χ3n) is 3.06. The lowest BCUT2D eigenvalue weighted by molar-refractivity contribution is -0.114. The number of rotatable bonds is 4. The summed E-state index contributed by atoms with van der Waals surface area (Å²) in [7, 11) is 0. The molecular weight excluding hydrogens is 278 g/mol. The Bertz CT molecular complexity index is 656. The van der Waals surface area contributed by atoms with Gasteiger partial charge in [0.25, 0.3) is 0 Å². The van der Waals surface area contributed by atoms with Crippen molar-refractivity contribution in [2.75, 3.05) is 22.1 Å². The molecule has 0 fully saturated rings. The normalized spacial score (nSPS) is 9.91. The summed E-state index contributed by atoms with van der Waals surface area (Å²) in [6.07, 6.45) is 0. The van der Waals surface area contributed by atoms with Crippen LogP contribution in [0.4, 0.5) is 21.9 Å². The minimum atomic E-state index is -0.214. The van der Waals surface area contributed by atoms with Crippen molar-refractivity contribution in [3.63, 3.8) is 0 Å². The molecule has 0 aliphatic rings. The molecule has 0 aliphatic carbocycles. The molecule has 3 amide bonds. The Kier molecular flexibility index (Phi) is 5.14. The van der Waals surface area contributed by atoms with Gasteiger partial charge in [0.2, 0.25) is 5.91 Å². The van der Waals surface area contributed by atoms with Crippen molar-refractivity contribution in [1.82, 2.24) is 0 Å². The first-order valence-electron chi connectivity index (χ1n) is 7.11. The number of nitrogens with zero attached hydrogens (tertiary/aromatic N) is 1. The number of hydrogen-bond acceptors (Lipinski definition) is 2. The molecule has 0 bridgehead atoms. The van der Waals surface area contributed by atoms with Crippen molar-refractivity contribution in [3.8, 4) is 0 Å². The monoisotopic (exact) mass is 297 g/mol. The maximum atomic E-state index is 12.4. The average Bonchev–Trinajstić information content (AvgIpc) is 2.48. The molecule has 2 aromatic carbocycles. The molecule has 5 nitrogen and oxygen atoms in total. The summed E-state index contributed by atoms with van der Waals surface area (Å²) >= 11 is 0. The summed E-state index contributed by atoms with van der Waals surface area (Å²) in [5.74, 6) is -0.150. The summed E-state index contributed by atoms with van der Waals surface area (Å²) < 4.78 is 0. The molecule has 5 heteroatoms. The van der Waals surface area contributed by atoms with Crippen LogP contribution in [0.5, 0.6) is 0 Å². The minimum absolute atomic E-state index is 0.150. The van der Waals surface area contributed by atoms with Gasteiger partial charge in [0, 0.05) is 30.5 Å². The number of anilines is 3. The van der Waals surface area contributed by atoms with Crippen LogP contribution in [0, 0.1) is 0 Å². The maximum absolute atomic E-state index is 12.4. The number of hydrogen-bond donors (Lipinski definition) is 2. The zero-order valence-electron chi connectivity index (χ0n) is 12.7. The van der Waals surface area contributed by atoms with Crippen molar-refractivity contribution in [2.45, 2.75) is 13.8 Å². The van der Waals surface area contributed by atoms with E-state index < -0.39 is 0 Å². The lowest BCUT2D eigenvalue weighted by Gasteiger charge is -2.21. The lowest BCUT2D eigenvalue weighted by Crippen LogP contribution is -2.34. The summed E-state index contributed by atoms with van der Waals surface area (Å²) in [4.78, 5) is 25.1. The summed E-state index contributed by atoms with van der Waals surface area (Å²) in [6, 6.07) is 16.3. The van der Waals surface area contributed by atoms with Gasteiger partial charge in [-0.05, 0) is 37.3 Å². The van der Waals surface area contributed by atoms with Crippen molar-refractivity contribution >= 4 is 29.0 Å². The molecule has 2 aromatic rings. The zero-order chi connectivity index (χ0) is 15.9. The highest BCUT2D eigenvalue weighted by Gasteiger charge is 2.13. The predicted molar refractivity (Wildman–Crippen MR) is 89.2 cm³/mol. The first-order valence-corrected chi connectivity index (χ1v) is 7.11. The molecule has 2 rings (SSSR count). The van der Waals surface area contributed by atoms with Gasteiger partial charge in [-0.25, -0.2) is 4.79 Å². The second-order valence-electron chi connectivity index (χ2n) is 4.77. The number of amides is 3. The van der Waals surface area contributed by atoms with E-state index in [4.69, 9.17) is 0 Å². The number of benzene rings is 2. The Morgan fingerprint density at radius 2 is 1.59 bits per heavy atom. The van der Waals surface area contributed by atoms with Crippen LogP contribution < -0.4 is 15.5 Å². The van der Waals surface area contributed by atoms with Gasteiger partial charge in [-0.1, -0.05) is 24.3 Å². The first kappa shape index (κ1) is 15.6. The standard InChI is InChI=1S/C17H19N3O2/c1-3-20(16-10-5-4-6-11-16)17(22)19-15-9-7-8-14(12-15)18-13(2)21/h4-12H,3H2,1-2H3,(H,18,21)(H,19,22). The highest BCUT2D eigenvalue weighted by Crippen LogP contribution is 2.18. The van der Waals surface area contributed by atoms with E-state index in [0.717, 1.165) is 5.69 Å². The Balaban J connectivity index is 2.12. The SMILES string of the molecule is CCN(C(=O)Nc1cccc(NC(C)=O)c1)c1ccccc1. The van der Waals surface area contributed by atoms with Crippen molar-refractivity contribution in [3.05, 3.63) is 54.6 Å². The topological polar surface area (TPSA) is 61.4 Å². The van der Waals surface area contributed by atoms with Gasteiger partial charge in [0.15, 0.2) is 0 Å². The van der Waals surface area contributed by atoms with Crippen molar-refractivity contribution in [1.29, 1.82) is 0 Å². The molecular formula is C17H19N3O2. The van der Waals surface area contributed by atoms with Gasteiger partial charge < -0.3 is 10.6 Å². The number of carbonyl (C=O) groups excluding carboxylic acids is 2. The molecule has 0 aliphatic heterocycles. The average molecular weight is 297 g/mol. The van der Waals surface area contributed by atoms with Crippen molar-refractivity contribution in [2.24, 2.45) is 0 Å². The highest BCUT2D eigenvalue weighted by atomic mass is 16.2. The van der Waals surface area contributed by atoms with E-state index in [9.17, 15) is 9.59 Å². The van der Waals surface area contributed by atoms with E-state index >= 15 is 0 Å². The second kappa shape index (κ2) is 7.26. The van der Waals surface area contributed by atoms with E-state index in [1.54, 1.807) is 29.2 Å². The van der Waals surface area contributed by atoms with E-state index in [-0.39, 0.29) is 11.9 Å². The molecule has 0 radical (unpaired) electrons. The van der Waals surface area contributed by atoms with Crippen molar-refractivity contribution < 1.29 is 9.59 Å². The van der Waals surface area contributed by atoms with Crippen LogP contribution in [0.2, 0.25) is 0 Å². The molecule has 22 heavy (non-hydrogen) atoms. The lowest BCUT2D eigenvalue weighted by atomic mass is 10.2. The molecule has 114 valence electrons. The van der Waals surface area contributed by atoms with Gasteiger partial charge in [-0.2, -0.15) is 0 Å². The van der Waals surface area contributed by atoms with Crippen LogP contribution >= 0.6 is 0 Å². The summed E-state index contributed by atoms with van der Waals surface area (Å²) in [5.41, 5.74) is 2.11. The number of urea groups is 1. The van der Waals surface area contributed by atoms with E-state index in [0.29, 0.717) is 17.9 Å². The fourth-order valence-corrected chi connectivity index (χ4v) is 2.12.